The average Bonchev–Trinajstić information content (AvgIpc) is 2.48. The summed E-state index contributed by atoms with van der Waals surface area (Å²) < 4.78 is 6.27. The lowest BCUT2D eigenvalue weighted by molar-refractivity contribution is -0.0397. The zero-order valence-electron chi connectivity index (χ0n) is 15.3. The largest absolute Gasteiger partial charge is 0.393 e. The zero-order valence-corrected chi connectivity index (χ0v) is 15.3. The zero-order chi connectivity index (χ0) is 17.3. The van der Waals surface area contributed by atoms with Crippen molar-refractivity contribution in [1.29, 1.82) is 0 Å². The van der Waals surface area contributed by atoms with Crippen molar-refractivity contribution in [2.45, 2.75) is 84.2 Å². The Morgan fingerprint density at radius 3 is 2.35 bits per heavy atom. The van der Waals surface area contributed by atoms with Gasteiger partial charge in [0, 0.05) is 11.5 Å². The third-order valence-corrected chi connectivity index (χ3v) is 4.40. The van der Waals surface area contributed by atoms with E-state index in [1.807, 2.05) is 39.0 Å². The molecule has 0 heterocycles. The number of benzene rings is 1. The summed E-state index contributed by atoms with van der Waals surface area (Å²) in [7, 11) is 0. The van der Waals surface area contributed by atoms with Crippen molar-refractivity contribution < 1.29 is 9.84 Å². The Balaban J connectivity index is 2.78. The summed E-state index contributed by atoms with van der Waals surface area (Å²) in [5, 5.41) is 9.88. The van der Waals surface area contributed by atoms with Crippen molar-refractivity contribution in [1.82, 2.24) is 0 Å². The Labute approximate surface area is 142 Å². The summed E-state index contributed by atoms with van der Waals surface area (Å²) in [6.07, 6.45) is 4.93. The lowest BCUT2D eigenvalue weighted by Crippen LogP contribution is -2.48. The van der Waals surface area contributed by atoms with Gasteiger partial charge in [-0.2, -0.15) is 0 Å². The van der Waals surface area contributed by atoms with E-state index in [9.17, 15) is 5.11 Å². The summed E-state index contributed by atoms with van der Waals surface area (Å²) in [6, 6.07) is 10.2. The van der Waals surface area contributed by atoms with E-state index in [1.54, 1.807) is 0 Å². The van der Waals surface area contributed by atoms with Crippen LogP contribution in [-0.4, -0.2) is 22.9 Å². The molecule has 132 valence electrons. The fraction of sp³-hybridized carbons (Fsp3) is 0.700. The van der Waals surface area contributed by atoms with Crippen LogP contribution in [0.2, 0.25) is 0 Å². The number of nitrogens with two attached hydrogens (primary N) is 1. The highest BCUT2D eigenvalue weighted by Gasteiger charge is 2.34. The Morgan fingerprint density at radius 1 is 1.17 bits per heavy atom. The van der Waals surface area contributed by atoms with Gasteiger partial charge >= 0.3 is 0 Å². The van der Waals surface area contributed by atoms with E-state index in [2.05, 4.69) is 19.1 Å². The molecule has 1 rings (SSSR count). The first kappa shape index (κ1) is 20.1. The van der Waals surface area contributed by atoms with Gasteiger partial charge in [0.2, 0.25) is 0 Å². The maximum Gasteiger partial charge on any atom is 0.0720 e. The first-order chi connectivity index (χ1) is 10.8. The minimum Gasteiger partial charge on any atom is -0.393 e. The molecule has 0 fully saturated rings. The molecule has 0 amide bonds. The van der Waals surface area contributed by atoms with Gasteiger partial charge in [0.05, 0.1) is 18.8 Å². The van der Waals surface area contributed by atoms with Crippen LogP contribution >= 0.6 is 0 Å². The highest BCUT2D eigenvalue weighted by molar-refractivity contribution is 5.13. The first-order valence-electron chi connectivity index (χ1n) is 8.97. The van der Waals surface area contributed by atoms with Crippen molar-refractivity contribution in [3.8, 4) is 0 Å². The molecule has 3 unspecified atom stereocenters. The van der Waals surface area contributed by atoms with E-state index in [1.165, 1.54) is 18.4 Å². The summed E-state index contributed by atoms with van der Waals surface area (Å²) in [5.41, 5.74) is 7.22. The second-order valence-electron chi connectivity index (χ2n) is 7.34. The number of aliphatic hydroxyl groups is 1. The SMILES string of the molecule is CCCCCC(OCc1ccccc1)C(CC(C)O)C(C)(C)N. The molecular formula is C20H35NO2. The average molecular weight is 322 g/mol. The fourth-order valence-electron chi connectivity index (χ4n) is 3.08. The van der Waals surface area contributed by atoms with Gasteiger partial charge in [-0.15, -0.1) is 0 Å². The molecule has 0 aromatic heterocycles. The van der Waals surface area contributed by atoms with Gasteiger partial charge in [-0.25, -0.2) is 0 Å². The molecule has 3 nitrogen and oxygen atoms in total. The van der Waals surface area contributed by atoms with E-state index < -0.39 is 0 Å². The summed E-state index contributed by atoms with van der Waals surface area (Å²) in [4.78, 5) is 0. The van der Waals surface area contributed by atoms with E-state index in [0.29, 0.717) is 13.0 Å². The Bertz CT molecular complexity index is 411. The lowest BCUT2D eigenvalue weighted by Gasteiger charge is -2.38. The van der Waals surface area contributed by atoms with Gasteiger partial charge in [-0.1, -0.05) is 56.5 Å². The first-order valence-corrected chi connectivity index (χ1v) is 8.97. The van der Waals surface area contributed by atoms with Crippen LogP contribution in [0.15, 0.2) is 30.3 Å². The molecule has 0 saturated heterocycles. The van der Waals surface area contributed by atoms with Gasteiger partial charge in [0.15, 0.2) is 0 Å². The molecule has 1 aromatic carbocycles. The topological polar surface area (TPSA) is 55.5 Å². The number of ether oxygens (including phenoxy) is 1. The third kappa shape index (κ3) is 7.96. The fourth-order valence-corrected chi connectivity index (χ4v) is 3.08. The van der Waals surface area contributed by atoms with E-state index in [-0.39, 0.29) is 23.7 Å². The second-order valence-corrected chi connectivity index (χ2v) is 7.34. The van der Waals surface area contributed by atoms with Crippen molar-refractivity contribution in [2.24, 2.45) is 11.7 Å². The highest BCUT2D eigenvalue weighted by atomic mass is 16.5. The van der Waals surface area contributed by atoms with E-state index in [0.717, 1.165) is 12.8 Å². The number of aliphatic hydroxyl groups excluding tert-OH is 1. The van der Waals surface area contributed by atoms with Crippen molar-refractivity contribution in [2.75, 3.05) is 0 Å². The van der Waals surface area contributed by atoms with Gasteiger partial charge in [-0.3, -0.25) is 0 Å². The maximum atomic E-state index is 9.88. The normalized spacial score (nSPS) is 16.1. The molecule has 0 aliphatic carbocycles. The van der Waals surface area contributed by atoms with Crippen LogP contribution in [0, 0.1) is 5.92 Å². The molecule has 0 aliphatic heterocycles. The Hall–Kier alpha value is -0.900. The lowest BCUT2D eigenvalue weighted by atomic mass is 9.78. The maximum absolute atomic E-state index is 9.88. The van der Waals surface area contributed by atoms with Crippen molar-refractivity contribution >= 4 is 0 Å². The molecule has 0 bridgehead atoms. The summed E-state index contributed by atoms with van der Waals surface area (Å²) in [5.74, 6) is 0.142. The van der Waals surface area contributed by atoms with Crippen LogP contribution in [0.1, 0.15) is 65.4 Å². The minimum atomic E-state index is -0.370. The van der Waals surface area contributed by atoms with Crippen molar-refractivity contribution in [3.63, 3.8) is 0 Å². The Morgan fingerprint density at radius 2 is 1.83 bits per heavy atom. The predicted molar refractivity (Wildman–Crippen MR) is 97.2 cm³/mol. The second kappa shape index (κ2) is 10.1. The molecule has 3 N–H and O–H groups in total. The van der Waals surface area contributed by atoms with Crippen LogP contribution in [0.3, 0.4) is 0 Å². The molecule has 0 radical (unpaired) electrons. The molecular weight excluding hydrogens is 286 g/mol. The molecule has 0 saturated carbocycles. The third-order valence-electron chi connectivity index (χ3n) is 4.40. The van der Waals surface area contributed by atoms with Gasteiger partial charge in [0.1, 0.15) is 0 Å². The van der Waals surface area contributed by atoms with E-state index in [4.69, 9.17) is 10.5 Å². The summed E-state index contributed by atoms with van der Waals surface area (Å²) in [6.45, 7) is 8.72. The highest BCUT2D eigenvalue weighted by Crippen LogP contribution is 2.29. The molecule has 3 atom stereocenters. The Kier molecular flexibility index (Phi) is 8.82. The number of hydrogen-bond acceptors (Lipinski definition) is 3. The van der Waals surface area contributed by atoms with Crippen molar-refractivity contribution in [3.05, 3.63) is 35.9 Å². The molecule has 0 aliphatic rings. The van der Waals surface area contributed by atoms with Crippen LogP contribution in [0.25, 0.3) is 0 Å². The minimum absolute atomic E-state index is 0.0800. The smallest absolute Gasteiger partial charge is 0.0720 e. The molecule has 1 aromatic rings. The number of rotatable bonds is 11. The predicted octanol–water partition coefficient (Wildman–Crippen LogP) is 4.28. The van der Waals surface area contributed by atoms with Gasteiger partial charge in [0.25, 0.3) is 0 Å². The van der Waals surface area contributed by atoms with Gasteiger partial charge in [-0.05, 0) is 39.2 Å². The van der Waals surface area contributed by atoms with Crippen LogP contribution in [0.4, 0.5) is 0 Å². The monoisotopic (exact) mass is 321 g/mol. The molecule has 23 heavy (non-hydrogen) atoms. The quantitative estimate of drug-likeness (QED) is 0.598. The van der Waals surface area contributed by atoms with E-state index >= 15 is 0 Å². The number of hydrogen-bond donors (Lipinski definition) is 2. The van der Waals surface area contributed by atoms with Crippen LogP contribution < -0.4 is 5.73 Å². The van der Waals surface area contributed by atoms with Crippen LogP contribution in [0.5, 0.6) is 0 Å². The van der Waals surface area contributed by atoms with Gasteiger partial charge < -0.3 is 15.6 Å². The molecule has 3 heteroatoms. The molecule has 0 spiro atoms. The number of unbranched alkanes of at least 4 members (excludes halogenated alkanes) is 2. The standard InChI is InChI=1S/C20H35NO2/c1-5-6-8-13-19(18(14-16(2)22)20(3,4)21)23-15-17-11-9-7-10-12-17/h7,9-12,16,18-19,22H,5-6,8,13-15,21H2,1-4H3. The summed E-state index contributed by atoms with van der Waals surface area (Å²) >= 11 is 0. The van der Waals surface area contributed by atoms with Crippen LogP contribution in [-0.2, 0) is 11.3 Å².